The minimum absolute atomic E-state index is 0.0220. The van der Waals surface area contributed by atoms with Crippen LogP contribution in [0.5, 0.6) is 0 Å². The fourth-order valence-corrected chi connectivity index (χ4v) is 1.28. The van der Waals surface area contributed by atoms with Crippen LogP contribution in [0, 0.1) is 10.1 Å². The van der Waals surface area contributed by atoms with Gasteiger partial charge in [0.25, 0.3) is 5.69 Å². The molecule has 0 aliphatic heterocycles. The zero-order valence-electron chi connectivity index (χ0n) is 10.1. The summed E-state index contributed by atoms with van der Waals surface area (Å²) in [4.78, 5) is 25.2. The van der Waals surface area contributed by atoms with Gasteiger partial charge in [-0.3, -0.25) is 14.9 Å². The number of nitrogens with one attached hydrogen (secondary N) is 2. The summed E-state index contributed by atoms with van der Waals surface area (Å²) in [6.45, 7) is 3.65. The van der Waals surface area contributed by atoms with Crippen LogP contribution in [0.4, 0.5) is 17.3 Å². The van der Waals surface area contributed by atoms with E-state index in [9.17, 15) is 14.9 Å². The molecule has 0 aromatic carbocycles. The van der Waals surface area contributed by atoms with Crippen LogP contribution in [0.15, 0.2) is 12.1 Å². The molecule has 0 saturated heterocycles. The molecule has 4 N–H and O–H groups in total. The van der Waals surface area contributed by atoms with Gasteiger partial charge >= 0.3 is 0 Å². The molecule has 0 aliphatic rings. The van der Waals surface area contributed by atoms with Crippen LogP contribution in [0.1, 0.15) is 13.8 Å². The van der Waals surface area contributed by atoms with E-state index in [0.29, 0.717) is 0 Å². The zero-order valence-corrected chi connectivity index (χ0v) is 10.1. The molecule has 18 heavy (non-hydrogen) atoms. The summed E-state index contributed by atoms with van der Waals surface area (Å²) < 4.78 is 0. The van der Waals surface area contributed by atoms with Gasteiger partial charge in [-0.2, -0.15) is 0 Å². The second-order valence-corrected chi connectivity index (χ2v) is 3.97. The molecule has 8 nitrogen and oxygen atoms in total. The van der Waals surface area contributed by atoms with Gasteiger partial charge in [0.05, 0.1) is 23.6 Å². The molecular weight excluding hydrogens is 238 g/mol. The first-order valence-corrected chi connectivity index (χ1v) is 5.33. The predicted molar refractivity (Wildman–Crippen MR) is 67.1 cm³/mol. The van der Waals surface area contributed by atoms with Crippen LogP contribution >= 0.6 is 0 Å². The Balaban J connectivity index is 2.67. The predicted octanol–water partition coefficient (Wildman–Crippen LogP) is 0.508. The quantitative estimate of drug-likeness (QED) is 0.519. The maximum absolute atomic E-state index is 11.4. The number of nitro groups is 1. The van der Waals surface area contributed by atoms with Gasteiger partial charge in [-0.05, 0) is 13.8 Å². The summed E-state index contributed by atoms with van der Waals surface area (Å²) in [6.07, 6.45) is 0. The van der Waals surface area contributed by atoms with Crippen molar-refractivity contribution in [2.45, 2.75) is 19.9 Å². The number of hydrogen-bond donors (Lipinski definition) is 3. The van der Waals surface area contributed by atoms with Crippen molar-refractivity contribution in [3.63, 3.8) is 0 Å². The molecule has 1 heterocycles. The maximum atomic E-state index is 11.4. The first kappa shape index (κ1) is 13.7. The number of hydrogen-bond acceptors (Lipinski definition) is 6. The fourth-order valence-electron chi connectivity index (χ4n) is 1.28. The molecule has 1 rings (SSSR count). The van der Waals surface area contributed by atoms with Crippen molar-refractivity contribution in [2.24, 2.45) is 0 Å². The number of pyridine rings is 1. The van der Waals surface area contributed by atoms with Crippen molar-refractivity contribution in [1.82, 2.24) is 10.3 Å². The number of nitrogen functional groups attached to an aromatic ring is 1. The number of amides is 1. The Kier molecular flexibility index (Phi) is 4.41. The van der Waals surface area contributed by atoms with E-state index in [1.807, 2.05) is 13.8 Å². The molecule has 0 unspecified atom stereocenters. The van der Waals surface area contributed by atoms with Gasteiger partial charge in [0.15, 0.2) is 0 Å². The molecule has 0 radical (unpaired) electrons. The Hall–Kier alpha value is -2.38. The number of rotatable bonds is 5. The third-order valence-electron chi connectivity index (χ3n) is 1.92. The SMILES string of the molecule is CC(C)NC(=O)CNc1cc([N+](=O)[O-])cc(N)n1. The topological polar surface area (TPSA) is 123 Å². The second-order valence-electron chi connectivity index (χ2n) is 3.97. The van der Waals surface area contributed by atoms with Crippen molar-refractivity contribution < 1.29 is 9.72 Å². The van der Waals surface area contributed by atoms with Crippen molar-refractivity contribution in [2.75, 3.05) is 17.6 Å². The third-order valence-corrected chi connectivity index (χ3v) is 1.92. The molecule has 98 valence electrons. The monoisotopic (exact) mass is 253 g/mol. The third kappa shape index (κ3) is 4.24. The lowest BCUT2D eigenvalue weighted by molar-refractivity contribution is -0.384. The summed E-state index contributed by atoms with van der Waals surface area (Å²) in [5.74, 6) is -0.00606. The van der Waals surface area contributed by atoms with Gasteiger partial charge < -0.3 is 16.4 Å². The minimum Gasteiger partial charge on any atom is -0.383 e. The summed E-state index contributed by atoms with van der Waals surface area (Å²) in [5.41, 5.74) is 5.26. The normalized spacial score (nSPS) is 10.2. The zero-order chi connectivity index (χ0) is 13.7. The van der Waals surface area contributed by atoms with Crippen LogP contribution in [0.2, 0.25) is 0 Å². The molecule has 0 bridgehead atoms. The van der Waals surface area contributed by atoms with E-state index in [1.54, 1.807) is 0 Å². The molecule has 0 atom stereocenters. The van der Waals surface area contributed by atoms with Gasteiger partial charge in [-0.25, -0.2) is 4.98 Å². The Labute approximate surface area is 104 Å². The second kappa shape index (κ2) is 5.80. The average molecular weight is 253 g/mol. The highest BCUT2D eigenvalue weighted by Gasteiger charge is 2.10. The fraction of sp³-hybridized carbons (Fsp3) is 0.400. The van der Waals surface area contributed by atoms with Gasteiger partial charge in [-0.15, -0.1) is 0 Å². The smallest absolute Gasteiger partial charge is 0.276 e. The Bertz CT molecular complexity index is 461. The number of nitrogens with two attached hydrogens (primary N) is 1. The highest BCUT2D eigenvalue weighted by Crippen LogP contribution is 2.18. The van der Waals surface area contributed by atoms with Gasteiger partial charge in [-0.1, -0.05) is 0 Å². The van der Waals surface area contributed by atoms with Crippen LogP contribution in [0.3, 0.4) is 0 Å². The Morgan fingerprint density at radius 3 is 2.78 bits per heavy atom. The molecule has 0 fully saturated rings. The molecule has 1 amide bonds. The number of nitrogens with zero attached hydrogens (tertiary/aromatic N) is 2. The molecule has 0 saturated carbocycles. The average Bonchev–Trinajstić information content (AvgIpc) is 2.24. The van der Waals surface area contributed by atoms with E-state index >= 15 is 0 Å². The van der Waals surface area contributed by atoms with Crippen LogP contribution in [-0.4, -0.2) is 28.4 Å². The van der Waals surface area contributed by atoms with E-state index < -0.39 is 4.92 Å². The summed E-state index contributed by atoms with van der Waals surface area (Å²) in [7, 11) is 0. The van der Waals surface area contributed by atoms with E-state index in [-0.39, 0.29) is 35.8 Å². The van der Waals surface area contributed by atoms with E-state index in [2.05, 4.69) is 15.6 Å². The highest BCUT2D eigenvalue weighted by atomic mass is 16.6. The molecule has 1 aromatic heterocycles. The lowest BCUT2D eigenvalue weighted by atomic mass is 10.3. The van der Waals surface area contributed by atoms with E-state index in [1.165, 1.54) is 6.07 Å². The first-order valence-electron chi connectivity index (χ1n) is 5.33. The minimum atomic E-state index is -0.572. The largest absolute Gasteiger partial charge is 0.383 e. The highest BCUT2D eigenvalue weighted by molar-refractivity contribution is 5.80. The van der Waals surface area contributed by atoms with Crippen molar-refractivity contribution in [3.05, 3.63) is 22.2 Å². The Morgan fingerprint density at radius 2 is 2.22 bits per heavy atom. The van der Waals surface area contributed by atoms with E-state index in [0.717, 1.165) is 6.07 Å². The van der Waals surface area contributed by atoms with Crippen molar-refractivity contribution >= 4 is 23.2 Å². The summed E-state index contributed by atoms with van der Waals surface area (Å²) >= 11 is 0. The first-order chi connectivity index (χ1) is 8.38. The molecule has 0 spiro atoms. The number of anilines is 2. The maximum Gasteiger partial charge on any atom is 0.276 e. The number of carbonyl (C=O) groups is 1. The molecule has 0 aliphatic carbocycles. The standard InChI is InChI=1S/C10H15N5O3/c1-6(2)13-10(16)5-12-9-4-7(15(17)18)3-8(11)14-9/h3-4,6H,5H2,1-2H3,(H,13,16)(H3,11,12,14). The van der Waals surface area contributed by atoms with Gasteiger partial charge in [0.2, 0.25) is 5.91 Å². The van der Waals surface area contributed by atoms with Gasteiger partial charge in [0, 0.05) is 6.04 Å². The molecule has 1 aromatic rings. The van der Waals surface area contributed by atoms with Crippen LogP contribution in [0.25, 0.3) is 0 Å². The summed E-state index contributed by atoms with van der Waals surface area (Å²) in [5, 5.41) is 16.0. The number of aromatic nitrogens is 1. The van der Waals surface area contributed by atoms with Crippen LogP contribution < -0.4 is 16.4 Å². The number of carbonyl (C=O) groups excluding carboxylic acids is 1. The van der Waals surface area contributed by atoms with Crippen LogP contribution in [-0.2, 0) is 4.79 Å². The van der Waals surface area contributed by atoms with Crippen molar-refractivity contribution in [1.29, 1.82) is 0 Å². The van der Waals surface area contributed by atoms with Crippen molar-refractivity contribution in [3.8, 4) is 0 Å². The summed E-state index contributed by atoms with van der Waals surface area (Å²) in [6, 6.07) is 2.40. The molecule has 8 heteroatoms. The Morgan fingerprint density at radius 1 is 1.56 bits per heavy atom. The molecular formula is C10H15N5O3. The lowest BCUT2D eigenvalue weighted by Gasteiger charge is -2.09. The lowest BCUT2D eigenvalue weighted by Crippen LogP contribution is -2.35. The van der Waals surface area contributed by atoms with E-state index in [4.69, 9.17) is 5.73 Å². The van der Waals surface area contributed by atoms with Gasteiger partial charge in [0.1, 0.15) is 11.6 Å².